The molecular formula is C26H20N4O. The van der Waals surface area contributed by atoms with Gasteiger partial charge in [-0.15, -0.1) is 0 Å². The van der Waals surface area contributed by atoms with Gasteiger partial charge in [0.05, 0.1) is 40.3 Å². The van der Waals surface area contributed by atoms with Crippen LogP contribution >= 0.6 is 0 Å². The van der Waals surface area contributed by atoms with E-state index in [0.717, 1.165) is 55.3 Å². The molecule has 5 heteroatoms. The average Bonchev–Trinajstić information content (AvgIpc) is 3.57. The van der Waals surface area contributed by atoms with Crippen molar-refractivity contribution in [2.75, 3.05) is 7.11 Å². The summed E-state index contributed by atoms with van der Waals surface area (Å²) < 4.78 is 5.61. The molecule has 2 aromatic carbocycles. The number of hydrogen-bond acceptors (Lipinski definition) is 2. The van der Waals surface area contributed by atoms with Crippen LogP contribution in [0.25, 0.3) is 40.1 Å². The maximum atomic E-state index is 5.61. The Balaban J connectivity index is 1.42. The monoisotopic (exact) mass is 404 g/mol. The Hall–Kier alpha value is -4.25. The van der Waals surface area contributed by atoms with Gasteiger partial charge in [-0.05, 0) is 42.5 Å². The molecule has 0 radical (unpaired) electrons. The van der Waals surface area contributed by atoms with Crippen molar-refractivity contribution in [1.82, 2.24) is 15.0 Å². The standard InChI is InChI=1S/C26H20N4O/c1-31-26-15-24(23-13-17-7-3-5-9-20(17)29-23)30-25(26)14-18-10-11-21(27-18)22-12-16-6-2-4-8-19(16)28-22/h2-15,27-28,30H,1H3/b24-23?,25-14-. The highest BCUT2D eigenvalue weighted by molar-refractivity contribution is 5.85. The Morgan fingerprint density at radius 3 is 2.58 bits per heavy atom. The number of methoxy groups -OCH3 is 1. The van der Waals surface area contributed by atoms with Crippen molar-refractivity contribution >= 4 is 28.8 Å². The Morgan fingerprint density at radius 1 is 0.839 bits per heavy atom. The third kappa shape index (κ3) is 3.07. The second kappa shape index (κ2) is 6.92. The maximum Gasteiger partial charge on any atom is 0.144 e. The van der Waals surface area contributed by atoms with Crippen molar-refractivity contribution in [2.24, 2.45) is 4.99 Å². The Morgan fingerprint density at radius 2 is 1.71 bits per heavy atom. The lowest BCUT2D eigenvalue weighted by molar-refractivity contribution is 0.412. The number of fused-ring (bicyclic) bond motifs is 2. The van der Waals surface area contributed by atoms with E-state index in [9.17, 15) is 0 Å². The molecule has 6 rings (SSSR count). The molecule has 0 spiro atoms. The van der Waals surface area contributed by atoms with Gasteiger partial charge in [0.15, 0.2) is 0 Å². The molecule has 0 fully saturated rings. The van der Waals surface area contributed by atoms with Gasteiger partial charge in [-0.2, -0.15) is 0 Å². The smallest absolute Gasteiger partial charge is 0.144 e. The fourth-order valence-electron chi connectivity index (χ4n) is 4.05. The van der Waals surface area contributed by atoms with Gasteiger partial charge in [0.25, 0.3) is 0 Å². The molecule has 4 heterocycles. The molecule has 1 aliphatic rings. The molecular weight excluding hydrogens is 384 g/mol. The minimum Gasteiger partial charge on any atom is -0.494 e. The third-order valence-electron chi connectivity index (χ3n) is 5.60. The number of benzene rings is 2. The largest absolute Gasteiger partial charge is 0.494 e. The molecule has 150 valence electrons. The number of aromatic nitrogens is 3. The fraction of sp³-hybridized carbons (Fsp3) is 0.0385. The van der Waals surface area contributed by atoms with Gasteiger partial charge in [0.1, 0.15) is 5.75 Å². The van der Waals surface area contributed by atoms with E-state index in [1.807, 2.05) is 36.4 Å². The van der Waals surface area contributed by atoms with E-state index in [4.69, 9.17) is 9.73 Å². The number of H-pyrrole nitrogens is 3. The number of hydrogen-bond donors (Lipinski definition) is 3. The highest BCUT2D eigenvalue weighted by Crippen LogP contribution is 2.23. The van der Waals surface area contributed by atoms with Crippen molar-refractivity contribution < 1.29 is 4.74 Å². The number of nitrogens with zero attached hydrogens (tertiary/aromatic N) is 1. The van der Waals surface area contributed by atoms with Crippen molar-refractivity contribution in [3.8, 4) is 17.1 Å². The van der Waals surface area contributed by atoms with Crippen LogP contribution in [-0.4, -0.2) is 22.1 Å². The topological polar surface area (TPSA) is 69.0 Å². The molecule has 0 unspecified atom stereocenters. The molecule has 31 heavy (non-hydrogen) atoms. The molecule has 5 aromatic rings. The predicted octanol–water partition coefficient (Wildman–Crippen LogP) is 2.55. The maximum absolute atomic E-state index is 5.61. The Labute approximate surface area is 177 Å². The minimum absolute atomic E-state index is 0.781. The van der Waals surface area contributed by atoms with Crippen LogP contribution in [0, 0.1) is 0 Å². The van der Waals surface area contributed by atoms with Gasteiger partial charge in [-0.25, -0.2) is 4.99 Å². The first-order valence-corrected chi connectivity index (χ1v) is 10.2. The molecule has 3 aromatic heterocycles. The summed E-state index contributed by atoms with van der Waals surface area (Å²) in [5.74, 6) is 0.781. The summed E-state index contributed by atoms with van der Waals surface area (Å²) in [5.41, 5.74) is 5.12. The van der Waals surface area contributed by atoms with E-state index in [2.05, 4.69) is 63.5 Å². The van der Waals surface area contributed by atoms with Crippen LogP contribution in [0.15, 0.2) is 77.8 Å². The lowest BCUT2D eigenvalue weighted by Crippen LogP contribution is -2.19. The molecule has 0 bridgehead atoms. The van der Waals surface area contributed by atoms with Crippen molar-refractivity contribution in [3.63, 3.8) is 0 Å². The fourth-order valence-corrected chi connectivity index (χ4v) is 4.05. The second-order valence-electron chi connectivity index (χ2n) is 7.61. The van der Waals surface area contributed by atoms with Gasteiger partial charge in [0, 0.05) is 27.9 Å². The zero-order valence-corrected chi connectivity index (χ0v) is 16.9. The molecule has 0 saturated heterocycles. The number of rotatable bonds is 3. The van der Waals surface area contributed by atoms with Crippen LogP contribution < -0.4 is 26.0 Å². The predicted molar refractivity (Wildman–Crippen MR) is 123 cm³/mol. The number of ether oxygens (including phenoxy) is 1. The lowest BCUT2D eigenvalue weighted by atomic mass is 10.2. The highest BCUT2D eigenvalue weighted by atomic mass is 16.5. The van der Waals surface area contributed by atoms with E-state index < -0.39 is 0 Å². The molecule has 0 aliphatic carbocycles. The number of para-hydroxylation sites is 2. The first kappa shape index (κ1) is 17.6. The van der Waals surface area contributed by atoms with Crippen LogP contribution in [0.3, 0.4) is 0 Å². The summed E-state index contributed by atoms with van der Waals surface area (Å²) in [6.07, 6.45) is 4.14. The third-order valence-corrected chi connectivity index (χ3v) is 5.60. The summed E-state index contributed by atoms with van der Waals surface area (Å²) in [5, 5.41) is 5.15. The minimum atomic E-state index is 0.781. The number of aromatic amines is 3. The van der Waals surface area contributed by atoms with Gasteiger partial charge in [-0.1, -0.05) is 36.4 Å². The summed E-state index contributed by atoms with van der Waals surface area (Å²) in [6.45, 7) is 0. The SMILES string of the molecule is COc1cc(=C2C=c3ccccc3=N2)[nH]/c1=C\c1ccc(-c2cc3ccccc3[nH]2)[nH]1. The van der Waals surface area contributed by atoms with Gasteiger partial charge >= 0.3 is 0 Å². The van der Waals surface area contributed by atoms with Crippen molar-refractivity contribution in [1.29, 1.82) is 0 Å². The van der Waals surface area contributed by atoms with Crippen molar-refractivity contribution in [2.45, 2.75) is 0 Å². The molecule has 0 amide bonds. The summed E-state index contributed by atoms with van der Waals surface area (Å²) >= 11 is 0. The van der Waals surface area contributed by atoms with Crippen LogP contribution in [-0.2, 0) is 0 Å². The highest BCUT2D eigenvalue weighted by Gasteiger charge is 2.07. The van der Waals surface area contributed by atoms with Gasteiger partial charge in [-0.3, -0.25) is 0 Å². The summed E-state index contributed by atoms with van der Waals surface area (Å²) in [7, 11) is 1.68. The number of nitrogens with one attached hydrogen (secondary N) is 3. The van der Waals surface area contributed by atoms with Crippen LogP contribution in [0.5, 0.6) is 5.75 Å². The quantitative estimate of drug-likeness (QED) is 0.425. The normalized spacial score (nSPS) is 15.1. The summed E-state index contributed by atoms with van der Waals surface area (Å²) in [6, 6.07) is 24.7. The van der Waals surface area contributed by atoms with Crippen LogP contribution in [0.1, 0.15) is 5.69 Å². The lowest BCUT2D eigenvalue weighted by Gasteiger charge is -1.94. The molecule has 0 saturated carbocycles. The Bertz CT molecular complexity index is 1610. The van der Waals surface area contributed by atoms with E-state index in [1.165, 1.54) is 5.39 Å². The molecule has 3 N–H and O–H groups in total. The van der Waals surface area contributed by atoms with Crippen LogP contribution in [0.2, 0.25) is 0 Å². The average molecular weight is 404 g/mol. The van der Waals surface area contributed by atoms with Gasteiger partial charge < -0.3 is 19.7 Å². The van der Waals surface area contributed by atoms with E-state index in [-0.39, 0.29) is 0 Å². The Kier molecular flexibility index (Phi) is 3.93. The zero-order chi connectivity index (χ0) is 20.8. The summed E-state index contributed by atoms with van der Waals surface area (Å²) in [4.78, 5) is 15.1. The van der Waals surface area contributed by atoms with Crippen molar-refractivity contribution in [3.05, 3.63) is 99.8 Å². The van der Waals surface area contributed by atoms with E-state index in [0.29, 0.717) is 0 Å². The van der Waals surface area contributed by atoms with E-state index >= 15 is 0 Å². The molecule has 0 atom stereocenters. The molecule has 1 aliphatic heterocycles. The first-order chi connectivity index (χ1) is 15.3. The van der Waals surface area contributed by atoms with E-state index in [1.54, 1.807) is 7.11 Å². The molecule has 5 nitrogen and oxygen atoms in total. The van der Waals surface area contributed by atoms with Gasteiger partial charge in [0.2, 0.25) is 0 Å². The second-order valence-corrected chi connectivity index (χ2v) is 7.61. The van der Waals surface area contributed by atoms with Crippen LogP contribution in [0.4, 0.5) is 0 Å². The first-order valence-electron chi connectivity index (χ1n) is 10.2. The zero-order valence-electron chi connectivity index (χ0n) is 16.9.